The summed E-state index contributed by atoms with van der Waals surface area (Å²) in [7, 11) is 0. The first-order valence-electron chi connectivity index (χ1n) is 13.4. The van der Waals surface area contributed by atoms with E-state index < -0.39 is 23.7 Å². The first kappa shape index (κ1) is 28.6. The van der Waals surface area contributed by atoms with Gasteiger partial charge in [-0.15, -0.1) is 0 Å². The maximum absolute atomic E-state index is 12.4. The molecular weight excluding hydrogens is 516 g/mol. The molecule has 0 spiro atoms. The van der Waals surface area contributed by atoms with Crippen molar-refractivity contribution in [1.82, 2.24) is 14.6 Å². The average molecular weight is 555 g/mol. The molecule has 9 nitrogen and oxygen atoms in total. The van der Waals surface area contributed by atoms with E-state index in [2.05, 4.69) is 43.8 Å². The predicted molar refractivity (Wildman–Crippen MR) is 154 cm³/mol. The van der Waals surface area contributed by atoms with Crippen LogP contribution < -0.4 is 15.0 Å². The fraction of sp³-hybridized carbons (Fsp3) is 0.483. The van der Waals surface area contributed by atoms with Crippen LogP contribution in [0, 0.1) is 0 Å². The largest absolute Gasteiger partial charge is 0.492 e. The second-order valence-corrected chi connectivity index (χ2v) is 11.3. The van der Waals surface area contributed by atoms with Gasteiger partial charge in [0.15, 0.2) is 0 Å². The number of rotatable bonds is 10. The van der Waals surface area contributed by atoms with Crippen LogP contribution in [-0.4, -0.2) is 78.9 Å². The molecule has 1 saturated heterocycles. The Kier molecular flexibility index (Phi) is 9.63. The zero-order valence-corrected chi connectivity index (χ0v) is 24.0. The molecule has 3 aromatic rings. The molecule has 10 heteroatoms. The van der Waals surface area contributed by atoms with E-state index in [1.807, 2.05) is 24.3 Å². The number of nitrogens with zero attached hydrogens (tertiary/aromatic N) is 3. The standard InChI is InChI=1S/C29H38N4O5S/c1-5-36-27(34)24(30-28(35)38-29(2,3)4)20-21-10-12-22(13-11-21)37-19-18-32-14-16-33(17-15-32)26-23-8-6-7-9-25(23)39-31-26/h6-13,24H,5,14-20H2,1-4H3,(H,30,35)/t24-/m0/s1. The highest BCUT2D eigenvalue weighted by Crippen LogP contribution is 2.29. The molecule has 39 heavy (non-hydrogen) atoms. The van der Waals surface area contributed by atoms with Crippen molar-refractivity contribution in [2.75, 3.05) is 50.8 Å². The minimum Gasteiger partial charge on any atom is -0.492 e. The number of fused-ring (bicyclic) bond motifs is 1. The SMILES string of the molecule is CCOC(=O)[C@H](Cc1ccc(OCCN2CCN(c3nsc4ccccc34)CC2)cc1)NC(=O)OC(C)(C)C. The lowest BCUT2D eigenvalue weighted by Gasteiger charge is -2.34. The Morgan fingerprint density at radius 1 is 1.05 bits per heavy atom. The summed E-state index contributed by atoms with van der Waals surface area (Å²) in [5.74, 6) is 1.36. The number of benzene rings is 2. The highest BCUT2D eigenvalue weighted by Gasteiger charge is 2.26. The van der Waals surface area contributed by atoms with E-state index >= 15 is 0 Å². The quantitative estimate of drug-likeness (QED) is 0.367. The van der Waals surface area contributed by atoms with Gasteiger partial charge in [-0.05, 0) is 69.1 Å². The Labute approximate surface area is 234 Å². The molecule has 1 amide bonds. The van der Waals surface area contributed by atoms with E-state index in [1.165, 1.54) is 10.1 Å². The molecular formula is C29H38N4O5S. The summed E-state index contributed by atoms with van der Waals surface area (Å²) in [6.45, 7) is 12.5. The van der Waals surface area contributed by atoms with Crippen LogP contribution in [0.1, 0.15) is 33.3 Å². The molecule has 4 rings (SSSR count). The van der Waals surface area contributed by atoms with Crippen molar-refractivity contribution in [3.63, 3.8) is 0 Å². The van der Waals surface area contributed by atoms with Crippen LogP contribution in [0.4, 0.5) is 10.6 Å². The molecule has 210 valence electrons. The summed E-state index contributed by atoms with van der Waals surface area (Å²) in [6.07, 6.45) is -0.363. The number of nitrogens with one attached hydrogen (secondary N) is 1. The number of esters is 1. The van der Waals surface area contributed by atoms with Crippen LogP contribution in [0.25, 0.3) is 10.1 Å². The molecule has 2 heterocycles. The first-order valence-corrected chi connectivity index (χ1v) is 14.2. The highest BCUT2D eigenvalue weighted by atomic mass is 32.1. The molecule has 0 aliphatic carbocycles. The van der Waals surface area contributed by atoms with Crippen molar-refractivity contribution < 1.29 is 23.8 Å². The highest BCUT2D eigenvalue weighted by molar-refractivity contribution is 7.13. The summed E-state index contributed by atoms with van der Waals surface area (Å²) in [5, 5.41) is 3.87. The maximum Gasteiger partial charge on any atom is 0.408 e. The van der Waals surface area contributed by atoms with Gasteiger partial charge in [0.05, 0.1) is 11.3 Å². The van der Waals surface area contributed by atoms with Crippen molar-refractivity contribution in [3.05, 3.63) is 54.1 Å². The minimum atomic E-state index is -0.840. The molecule has 2 aromatic carbocycles. The van der Waals surface area contributed by atoms with Gasteiger partial charge < -0.3 is 24.4 Å². The number of ether oxygens (including phenoxy) is 3. The van der Waals surface area contributed by atoms with Crippen LogP contribution in [0.5, 0.6) is 5.75 Å². The van der Waals surface area contributed by atoms with Crippen LogP contribution in [-0.2, 0) is 20.7 Å². The fourth-order valence-corrected chi connectivity index (χ4v) is 5.22. The molecule has 0 unspecified atom stereocenters. The smallest absolute Gasteiger partial charge is 0.408 e. The van der Waals surface area contributed by atoms with Gasteiger partial charge in [0.1, 0.15) is 29.8 Å². The van der Waals surface area contributed by atoms with Gasteiger partial charge in [0, 0.05) is 44.5 Å². The van der Waals surface area contributed by atoms with Crippen molar-refractivity contribution in [2.24, 2.45) is 0 Å². The van der Waals surface area contributed by atoms with E-state index in [-0.39, 0.29) is 13.0 Å². The third-order valence-electron chi connectivity index (χ3n) is 6.33. The van der Waals surface area contributed by atoms with Gasteiger partial charge in [-0.3, -0.25) is 4.90 Å². The number of amides is 1. The lowest BCUT2D eigenvalue weighted by Crippen LogP contribution is -2.47. The second-order valence-electron chi connectivity index (χ2n) is 10.5. The summed E-state index contributed by atoms with van der Waals surface area (Å²) in [5.41, 5.74) is 0.216. The summed E-state index contributed by atoms with van der Waals surface area (Å²) >= 11 is 1.56. The normalized spacial score (nSPS) is 15.1. The monoisotopic (exact) mass is 554 g/mol. The number of anilines is 1. The number of hydrogen-bond acceptors (Lipinski definition) is 9. The average Bonchev–Trinajstić information content (AvgIpc) is 3.33. The van der Waals surface area contributed by atoms with Gasteiger partial charge >= 0.3 is 12.1 Å². The van der Waals surface area contributed by atoms with Gasteiger partial charge in [-0.1, -0.05) is 24.3 Å². The molecule has 1 atom stereocenters. The van der Waals surface area contributed by atoms with Crippen LogP contribution in [0.2, 0.25) is 0 Å². The molecule has 1 fully saturated rings. The van der Waals surface area contributed by atoms with E-state index in [9.17, 15) is 9.59 Å². The Balaban J connectivity index is 1.22. The van der Waals surface area contributed by atoms with Gasteiger partial charge in [-0.25, -0.2) is 9.59 Å². The van der Waals surface area contributed by atoms with Gasteiger partial charge in [0.25, 0.3) is 0 Å². The predicted octanol–water partition coefficient (Wildman–Crippen LogP) is 4.50. The van der Waals surface area contributed by atoms with Crippen molar-refractivity contribution in [2.45, 2.75) is 45.8 Å². The molecule has 0 radical (unpaired) electrons. The van der Waals surface area contributed by atoms with Crippen LogP contribution in [0.15, 0.2) is 48.5 Å². The van der Waals surface area contributed by atoms with Crippen molar-refractivity contribution in [1.29, 1.82) is 0 Å². The van der Waals surface area contributed by atoms with Gasteiger partial charge in [-0.2, -0.15) is 4.37 Å². The van der Waals surface area contributed by atoms with E-state index in [1.54, 1.807) is 39.2 Å². The zero-order valence-electron chi connectivity index (χ0n) is 23.1. The Hall–Kier alpha value is -3.37. The molecule has 1 aliphatic heterocycles. The number of hydrogen-bond donors (Lipinski definition) is 1. The van der Waals surface area contributed by atoms with E-state index in [0.717, 1.165) is 49.9 Å². The second kappa shape index (κ2) is 13.1. The van der Waals surface area contributed by atoms with Crippen molar-refractivity contribution >= 4 is 39.5 Å². The fourth-order valence-electron chi connectivity index (χ4n) is 4.42. The Morgan fingerprint density at radius 2 is 1.77 bits per heavy atom. The lowest BCUT2D eigenvalue weighted by atomic mass is 10.1. The molecule has 1 N–H and O–H groups in total. The molecule has 1 aliphatic rings. The van der Waals surface area contributed by atoms with Crippen LogP contribution in [0.3, 0.4) is 0 Å². The first-order chi connectivity index (χ1) is 18.7. The number of carbonyl (C=O) groups excluding carboxylic acids is 2. The zero-order chi connectivity index (χ0) is 27.8. The third kappa shape index (κ3) is 8.31. The third-order valence-corrected chi connectivity index (χ3v) is 7.15. The van der Waals surface area contributed by atoms with Crippen LogP contribution >= 0.6 is 11.5 Å². The number of piperazine rings is 1. The summed E-state index contributed by atoms with van der Waals surface area (Å²) in [6, 6.07) is 15.1. The van der Waals surface area contributed by atoms with E-state index in [4.69, 9.17) is 14.2 Å². The van der Waals surface area contributed by atoms with E-state index in [0.29, 0.717) is 6.61 Å². The Morgan fingerprint density at radius 3 is 2.46 bits per heavy atom. The lowest BCUT2D eigenvalue weighted by molar-refractivity contribution is -0.145. The molecule has 0 saturated carbocycles. The summed E-state index contributed by atoms with van der Waals surface area (Å²) < 4.78 is 22.3. The Bertz CT molecular complexity index is 1230. The number of aromatic nitrogens is 1. The minimum absolute atomic E-state index is 0.231. The molecule has 0 bridgehead atoms. The van der Waals surface area contributed by atoms with Gasteiger partial charge in [0.2, 0.25) is 0 Å². The topological polar surface area (TPSA) is 93.2 Å². The number of carbonyl (C=O) groups is 2. The maximum atomic E-state index is 12.4. The summed E-state index contributed by atoms with van der Waals surface area (Å²) in [4.78, 5) is 29.4. The molecule has 1 aromatic heterocycles. The van der Waals surface area contributed by atoms with Crippen molar-refractivity contribution in [3.8, 4) is 5.75 Å². The number of alkyl carbamates (subject to hydrolysis) is 1.